The molecule has 0 radical (unpaired) electrons. The third-order valence-electron chi connectivity index (χ3n) is 6.55. The van der Waals surface area contributed by atoms with Gasteiger partial charge in [0.1, 0.15) is 10.1 Å². The second-order valence-corrected chi connectivity index (χ2v) is 11.2. The number of ether oxygens (including phenoxy) is 1. The monoisotopic (exact) mass is 547 g/mol. The van der Waals surface area contributed by atoms with E-state index in [1.807, 2.05) is 71.6 Å². The van der Waals surface area contributed by atoms with Crippen LogP contribution in [-0.2, 0) is 4.79 Å². The topological polar surface area (TPSA) is 47.4 Å². The smallest absolute Gasteiger partial charge is 0.266 e. The molecule has 1 amide bonds. The first-order valence-corrected chi connectivity index (χ1v) is 15.0. The van der Waals surface area contributed by atoms with Crippen LogP contribution in [0.3, 0.4) is 0 Å². The summed E-state index contributed by atoms with van der Waals surface area (Å²) in [4.78, 5) is 15.6. The molecule has 4 rings (SSSR count). The van der Waals surface area contributed by atoms with Crippen LogP contribution in [0.2, 0.25) is 0 Å². The van der Waals surface area contributed by atoms with Crippen molar-refractivity contribution in [3.8, 4) is 22.7 Å². The Balaban J connectivity index is 1.57. The predicted octanol–water partition coefficient (Wildman–Crippen LogP) is 8.28. The molecule has 1 fully saturated rings. The maximum Gasteiger partial charge on any atom is 0.266 e. The van der Waals surface area contributed by atoms with Crippen LogP contribution in [-0.4, -0.2) is 38.1 Å². The van der Waals surface area contributed by atoms with Crippen molar-refractivity contribution < 1.29 is 9.53 Å². The highest BCUT2D eigenvalue weighted by Crippen LogP contribution is 2.35. The Morgan fingerprint density at radius 3 is 2.34 bits per heavy atom. The number of carbonyl (C=O) groups is 1. The molecule has 0 saturated carbocycles. The molecule has 38 heavy (non-hydrogen) atoms. The van der Waals surface area contributed by atoms with E-state index >= 15 is 0 Å². The number of thiocarbonyl (C=S) groups is 1. The van der Waals surface area contributed by atoms with Crippen LogP contribution in [0.15, 0.2) is 65.7 Å². The number of rotatable bonds is 14. The van der Waals surface area contributed by atoms with E-state index in [9.17, 15) is 4.79 Å². The Labute approximate surface area is 236 Å². The van der Waals surface area contributed by atoms with Gasteiger partial charge in [0.2, 0.25) is 0 Å². The minimum Gasteiger partial charge on any atom is -0.494 e. The summed E-state index contributed by atoms with van der Waals surface area (Å²) in [7, 11) is 0. The fraction of sp³-hybridized carbons (Fsp3) is 0.387. The van der Waals surface area contributed by atoms with E-state index in [0.29, 0.717) is 15.8 Å². The largest absolute Gasteiger partial charge is 0.494 e. The van der Waals surface area contributed by atoms with Crippen molar-refractivity contribution in [2.24, 2.45) is 0 Å². The Bertz CT molecular complexity index is 1240. The van der Waals surface area contributed by atoms with Gasteiger partial charge in [-0.15, -0.1) is 0 Å². The van der Waals surface area contributed by atoms with Crippen molar-refractivity contribution in [2.75, 3.05) is 13.2 Å². The fourth-order valence-electron chi connectivity index (χ4n) is 4.39. The van der Waals surface area contributed by atoms with Gasteiger partial charge in [-0.25, -0.2) is 4.68 Å². The summed E-state index contributed by atoms with van der Waals surface area (Å²) in [6, 6.07) is 18.1. The summed E-state index contributed by atoms with van der Waals surface area (Å²) < 4.78 is 8.44. The van der Waals surface area contributed by atoms with Crippen molar-refractivity contribution in [1.82, 2.24) is 14.7 Å². The number of carbonyl (C=O) groups excluding carboxylic acids is 1. The zero-order valence-electron chi connectivity index (χ0n) is 22.4. The standard InChI is InChI=1S/C31H37N3O2S2/c1-3-5-7-12-20-33-30(35)28(38-31(33)37)22-25-23-34(26-14-10-9-11-15-26)32-29(25)24-16-18-27(19-17-24)36-21-13-8-6-4-2/h9-11,14-19,22-23H,3-8,12-13,20-21H2,1-2H3/b28-22+. The summed E-state index contributed by atoms with van der Waals surface area (Å²) >= 11 is 6.94. The van der Waals surface area contributed by atoms with Crippen molar-refractivity contribution in [3.63, 3.8) is 0 Å². The maximum atomic E-state index is 13.2. The Morgan fingerprint density at radius 1 is 0.921 bits per heavy atom. The van der Waals surface area contributed by atoms with Gasteiger partial charge in [0.05, 0.1) is 22.9 Å². The normalized spacial score (nSPS) is 14.6. The molecule has 0 bridgehead atoms. The summed E-state index contributed by atoms with van der Waals surface area (Å²) in [6.07, 6.45) is 13.1. The Hall–Kier alpha value is -2.90. The molecule has 3 aromatic rings. The second-order valence-electron chi connectivity index (χ2n) is 9.54. The van der Waals surface area contributed by atoms with Gasteiger partial charge in [-0.2, -0.15) is 5.10 Å². The predicted molar refractivity (Wildman–Crippen MR) is 163 cm³/mol. The number of benzene rings is 2. The van der Waals surface area contributed by atoms with Crippen LogP contribution < -0.4 is 4.74 Å². The molecule has 1 saturated heterocycles. The van der Waals surface area contributed by atoms with Crippen LogP contribution in [0.25, 0.3) is 23.0 Å². The zero-order chi connectivity index (χ0) is 26.7. The molecule has 7 heteroatoms. The zero-order valence-corrected chi connectivity index (χ0v) is 24.0. The van der Waals surface area contributed by atoms with Crippen LogP contribution in [0.1, 0.15) is 70.8 Å². The van der Waals surface area contributed by atoms with Gasteiger partial charge in [0, 0.05) is 23.9 Å². The van der Waals surface area contributed by atoms with E-state index < -0.39 is 0 Å². The number of hydrogen-bond acceptors (Lipinski definition) is 5. The first-order chi connectivity index (χ1) is 18.6. The third-order valence-corrected chi connectivity index (χ3v) is 7.93. The molecule has 0 N–H and O–H groups in total. The SMILES string of the molecule is CCCCCCOc1ccc(-c2nn(-c3ccccc3)cc2/C=C2/SC(=S)N(CCCCCC)C2=O)cc1. The Morgan fingerprint density at radius 2 is 1.63 bits per heavy atom. The molecule has 0 atom stereocenters. The number of unbranched alkanes of at least 4 members (excludes halogenated alkanes) is 6. The van der Waals surface area contributed by atoms with Gasteiger partial charge < -0.3 is 4.74 Å². The molecule has 2 heterocycles. The molecule has 1 aliphatic rings. The first kappa shape index (κ1) is 28.1. The highest BCUT2D eigenvalue weighted by Gasteiger charge is 2.32. The molecule has 5 nitrogen and oxygen atoms in total. The lowest BCUT2D eigenvalue weighted by atomic mass is 10.1. The molecular weight excluding hydrogens is 510 g/mol. The van der Waals surface area contributed by atoms with Gasteiger partial charge >= 0.3 is 0 Å². The van der Waals surface area contributed by atoms with Gasteiger partial charge in [0.25, 0.3) is 5.91 Å². The summed E-state index contributed by atoms with van der Waals surface area (Å²) in [5, 5.41) is 4.92. The quantitative estimate of drug-likeness (QED) is 0.115. The molecule has 0 spiro atoms. The maximum absolute atomic E-state index is 13.2. The number of aromatic nitrogens is 2. The molecule has 1 aromatic heterocycles. The van der Waals surface area contributed by atoms with Gasteiger partial charge in [-0.1, -0.05) is 94.6 Å². The highest BCUT2D eigenvalue weighted by molar-refractivity contribution is 8.26. The lowest BCUT2D eigenvalue weighted by molar-refractivity contribution is -0.122. The average Bonchev–Trinajstić information content (AvgIpc) is 3.48. The lowest BCUT2D eigenvalue weighted by Crippen LogP contribution is -2.29. The van der Waals surface area contributed by atoms with E-state index in [4.69, 9.17) is 22.1 Å². The van der Waals surface area contributed by atoms with E-state index in [-0.39, 0.29) is 5.91 Å². The van der Waals surface area contributed by atoms with E-state index in [0.717, 1.165) is 54.1 Å². The number of nitrogens with zero attached hydrogens (tertiary/aromatic N) is 3. The van der Waals surface area contributed by atoms with Gasteiger partial charge in [-0.05, 0) is 55.3 Å². The van der Waals surface area contributed by atoms with Crippen molar-refractivity contribution >= 4 is 40.3 Å². The number of amides is 1. The van der Waals surface area contributed by atoms with E-state index in [2.05, 4.69) is 13.8 Å². The van der Waals surface area contributed by atoms with Crippen LogP contribution in [0.4, 0.5) is 0 Å². The van der Waals surface area contributed by atoms with E-state index in [1.54, 1.807) is 4.90 Å². The lowest BCUT2D eigenvalue weighted by Gasteiger charge is -2.13. The van der Waals surface area contributed by atoms with Crippen molar-refractivity contribution in [2.45, 2.75) is 65.2 Å². The number of thioether (sulfide) groups is 1. The van der Waals surface area contributed by atoms with Crippen LogP contribution in [0, 0.1) is 0 Å². The van der Waals surface area contributed by atoms with Gasteiger partial charge in [0.15, 0.2) is 0 Å². The second kappa shape index (κ2) is 14.3. The average molecular weight is 548 g/mol. The van der Waals surface area contributed by atoms with Crippen LogP contribution in [0.5, 0.6) is 5.75 Å². The molecular formula is C31H37N3O2S2. The highest BCUT2D eigenvalue weighted by atomic mass is 32.2. The summed E-state index contributed by atoms with van der Waals surface area (Å²) in [6.45, 7) is 5.80. The minimum absolute atomic E-state index is 0.0123. The number of hydrogen-bond donors (Lipinski definition) is 0. The molecule has 1 aliphatic heterocycles. The summed E-state index contributed by atoms with van der Waals surface area (Å²) in [5.74, 6) is 0.847. The Kier molecular flexibility index (Phi) is 10.6. The molecule has 200 valence electrons. The molecule has 0 aliphatic carbocycles. The minimum atomic E-state index is -0.0123. The number of para-hydroxylation sites is 1. The third kappa shape index (κ3) is 7.35. The first-order valence-electron chi connectivity index (χ1n) is 13.7. The van der Waals surface area contributed by atoms with Crippen LogP contribution >= 0.6 is 24.0 Å². The summed E-state index contributed by atoms with van der Waals surface area (Å²) in [5.41, 5.74) is 3.63. The van der Waals surface area contributed by atoms with Crippen molar-refractivity contribution in [3.05, 3.63) is 71.3 Å². The molecule has 0 unspecified atom stereocenters. The van der Waals surface area contributed by atoms with Crippen molar-refractivity contribution in [1.29, 1.82) is 0 Å². The molecule has 2 aromatic carbocycles. The fourth-order valence-corrected chi connectivity index (χ4v) is 5.69. The van der Waals surface area contributed by atoms with E-state index in [1.165, 1.54) is 43.9 Å². The van der Waals surface area contributed by atoms with Gasteiger partial charge in [-0.3, -0.25) is 9.69 Å².